The van der Waals surface area contributed by atoms with Gasteiger partial charge in [-0.25, -0.2) is 8.78 Å². The maximum absolute atomic E-state index is 14.4. The summed E-state index contributed by atoms with van der Waals surface area (Å²) in [5, 5.41) is 3.24. The number of nitrogens with zero attached hydrogens (tertiary/aromatic N) is 1. The van der Waals surface area contributed by atoms with Gasteiger partial charge in [-0.2, -0.15) is 0 Å². The molecule has 1 saturated heterocycles. The number of piperazine rings is 1. The summed E-state index contributed by atoms with van der Waals surface area (Å²) in [4.78, 5) is 2.13. The minimum absolute atomic E-state index is 0. The van der Waals surface area contributed by atoms with Crippen molar-refractivity contribution in [2.75, 3.05) is 26.2 Å². The molecule has 0 bridgehead atoms. The lowest BCUT2D eigenvalue weighted by molar-refractivity contribution is 0.0804. The van der Waals surface area contributed by atoms with E-state index >= 15 is 0 Å². The fraction of sp³-hybridized carbons (Fsp3) is 0.600. The maximum Gasteiger partial charge on any atom is 0.149 e. The van der Waals surface area contributed by atoms with E-state index in [0.29, 0.717) is 0 Å². The molecule has 1 aliphatic rings. The Morgan fingerprint density at radius 3 is 2.29 bits per heavy atom. The van der Waals surface area contributed by atoms with Crippen molar-refractivity contribution in [1.29, 1.82) is 0 Å². The third kappa shape index (κ3) is 4.07. The van der Waals surface area contributed by atoms with E-state index in [4.69, 9.17) is 11.6 Å². The van der Waals surface area contributed by atoms with Crippen LogP contribution in [0.2, 0.25) is 5.02 Å². The molecule has 0 radical (unpaired) electrons. The van der Waals surface area contributed by atoms with E-state index in [1.54, 1.807) is 0 Å². The second-order valence-corrected chi connectivity index (χ2v) is 6.72. The molecule has 1 aromatic rings. The average molecular weight is 339 g/mol. The lowest BCUT2D eigenvalue weighted by Crippen LogP contribution is -2.48. The largest absolute Gasteiger partial charge is 0.314 e. The van der Waals surface area contributed by atoms with Gasteiger partial charge in [0.2, 0.25) is 0 Å². The first kappa shape index (κ1) is 18.6. The molecule has 1 atom stereocenters. The van der Waals surface area contributed by atoms with Gasteiger partial charge in [0, 0.05) is 37.8 Å². The zero-order chi connectivity index (χ0) is 14.9. The Kier molecular flexibility index (Phi) is 6.41. The van der Waals surface area contributed by atoms with Crippen molar-refractivity contribution >= 4 is 24.0 Å². The van der Waals surface area contributed by atoms with Crippen LogP contribution in [0.15, 0.2) is 12.1 Å². The summed E-state index contributed by atoms with van der Waals surface area (Å²) in [6.45, 7) is 9.20. The maximum atomic E-state index is 14.4. The van der Waals surface area contributed by atoms with Gasteiger partial charge in [-0.1, -0.05) is 32.4 Å². The Hall–Kier alpha value is -0.420. The standard InChI is InChI=1S/C15H21ClF2N2.ClH/c1-15(2,3)14(20-8-6-19-7-9-20)12-11(17)5-4-10(16)13(12)18;/h4-5,14,19H,6-9H2,1-3H3;1H/t14-;/m0./s1. The van der Waals surface area contributed by atoms with Crippen molar-refractivity contribution in [3.8, 4) is 0 Å². The number of benzene rings is 1. The predicted octanol–water partition coefficient (Wildman–Crippen LogP) is 4.03. The minimum Gasteiger partial charge on any atom is -0.314 e. The molecule has 1 heterocycles. The highest BCUT2D eigenvalue weighted by Crippen LogP contribution is 2.41. The van der Waals surface area contributed by atoms with Crippen molar-refractivity contribution in [2.24, 2.45) is 5.41 Å². The Morgan fingerprint density at radius 2 is 1.76 bits per heavy atom. The molecule has 0 aliphatic carbocycles. The minimum atomic E-state index is -0.634. The van der Waals surface area contributed by atoms with Crippen molar-refractivity contribution in [3.63, 3.8) is 0 Å². The molecule has 0 saturated carbocycles. The zero-order valence-electron chi connectivity index (χ0n) is 12.5. The van der Waals surface area contributed by atoms with E-state index in [0.717, 1.165) is 26.2 Å². The Morgan fingerprint density at radius 1 is 1.19 bits per heavy atom. The van der Waals surface area contributed by atoms with Crippen LogP contribution in [0, 0.1) is 17.0 Å². The number of halogens is 4. The fourth-order valence-corrected chi connectivity index (χ4v) is 3.06. The second-order valence-electron chi connectivity index (χ2n) is 6.31. The molecule has 0 aromatic heterocycles. The molecule has 120 valence electrons. The van der Waals surface area contributed by atoms with Crippen molar-refractivity contribution < 1.29 is 8.78 Å². The van der Waals surface area contributed by atoms with Gasteiger partial charge in [0.25, 0.3) is 0 Å². The molecule has 1 aromatic carbocycles. The van der Waals surface area contributed by atoms with E-state index in [9.17, 15) is 8.78 Å². The molecule has 1 N–H and O–H groups in total. The first-order valence-electron chi connectivity index (χ1n) is 6.90. The number of nitrogens with one attached hydrogen (secondary N) is 1. The summed E-state index contributed by atoms with van der Waals surface area (Å²) < 4.78 is 28.6. The molecule has 1 aliphatic heterocycles. The summed E-state index contributed by atoms with van der Waals surface area (Å²) in [5.41, 5.74) is -0.198. The summed E-state index contributed by atoms with van der Waals surface area (Å²) in [5.74, 6) is -1.16. The third-order valence-corrected chi connectivity index (χ3v) is 3.98. The van der Waals surface area contributed by atoms with Crippen molar-refractivity contribution in [2.45, 2.75) is 26.8 Å². The molecule has 0 unspecified atom stereocenters. The Labute approximate surface area is 136 Å². The lowest BCUT2D eigenvalue weighted by Gasteiger charge is -2.42. The molecule has 0 amide bonds. The average Bonchev–Trinajstić information content (AvgIpc) is 2.39. The second kappa shape index (κ2) is 7.23. The van der Waals surface area contributed by atoms with E-state index in [1.807, 2.05) is 20.8 Å². The van der Waals surface area contributed by atoms with E-state index in [2.05, 4.69) is 10.2 Å². The van der Waals surface area contributed by atoms with Gasteiger partial charge in [0.15, 0.2) is 0 Å². The molecular formula is C15H22Cl2F2N2. The topological polar surface area (TPSA) is 15.3 Å². The molecule has 21 heavy (non-hydrogen) atoms. The van der Waals surface area contributed by atoms with Crippen LogP contribution in [0.25, 0.3) is 0 Å². The third-order valence-electron chi connectivity index (χ3n) is 3.69. The van der Waals surface area contributed by atoms with E-state index < -0.39 is 11.6 Å². The summed E-state index contributed by atoms with van der Waals surface area (Å²) in [7, 11) is 0. The van der Waals surface area contributed by atoms with Crippen molar-refractivity contribution in [3.05, 3.63) is 34.4 Å². The number of rotatable bonds is 2. The van der Waals surface area contributed by atoms with Gasteiger partial charge < -0.3 is 5.32 Å². The van der Waals surface area contributed by atoms with Crippen molar-refractivity contribution in [1.82, 2.24) is 10.2 Å². The highest BCUT2D eigenvalue weighted by molar-refractivity contribution is 6.30. The smallest absolute Gasteiger partial charge is 0.149 e. The number of hydrogen-bond acceptors (Lipinski definition) is 2. The van der Waals surface area contributed by atoms with Crippen LogP contribution in [-0.4, -0.2) is 31.1 Å². The Bertz CT molecular complexity index is 483. The molecule has 2 nitrogen and oxygen atoms in total. The van der Waals surface area contributed by atoms with Crippen LogP contribution in [0.1, 0.15) is 32.4 Å². The van der Waals surface area contributed by atoms with Gasteiger partial charge in [0.1, 0.15) is 11.6 Å². The highest BCUT2D eigenvalue weighted by Gasteiger charge is 2.36. The molecular weight excluding hydrogens is 317 g/mol. The van der Waals surface area contributed by atoms with Crippen LogP contribution in [-0.2, 0) is 0 Å². The van der Waals surface area contributed by atoms with Gasteiger partial charge in [0.05, 0.1) is 5.02 Å². The van der Waals surface area contributed by atoms with Crippen LogP contribution in [0.4, 0.5) is 8.78 Å². The predicted molar refractivity (Wildman–Crippen MR) is 85.3 cm³/mol. The first-order chi connectivity index (χ1) is 9.32. The monoisotopic (exact) mass is 338 g/mol. The normalized spacial score (nSPS) is 18.2. The summed E-state index contributed by atoms with van der Waals surface area (Å²) in [6.07, 6.45) is 0. The molecule has 1 fully saturated rings. The highest BCUT2D eigenvalue weighted by atomic mass is 35.5. The van der Waals surface area contributed by atoms with Crippen LogP contribution >= 0.6 is 24.0 Å². The first-order valence-corrected chi connectivity index (χ1v) is 7.28. The zero-order valence-corrected chi connectivity index (χ0v) is 14.1. The summed E-state index contributed by atoms with van der Waals surface area (Å²) in [6, 6.07) is 2.19. The van der Waals surface area contributed by atoms with Crippen LogP contribution in [0.5, 0.6) is 0 Å². The molecule has 6 heteroatoms. The van der Waals surface area contributed by atoms with Gasteiger partial charge in [-0.15, -0.1) is 12.4 Å². The van der Waals surface area contributed by atoms with Crippen LogP contribution in [0.3, 0.4) is 0 Å². The Balaban J connectivity index is 0.00000220. The van der Waals surface area contributed by atoms with Gasteiger partial charge in [-0.3, -0.25) is 4.90 Å². The molecule has 0 spiro atoms. The number of hydrogen-bond donors (Lipinski definition) is 1. The van der Waals surface area contributed by atoms with Crippen LogP contribution < -0.4 is 5.32 Å². The van der Waals surface area contributed by atoms with Gasteiger partial charge in [-0.05, 0) is 17.5 Å². The lowest BCUT2D eigenvalue weighted by atomic mass is 9.80. The fourth-order valence-electron chi connectivity index (χ4n) is 2.90. The van der Waals surface area contributed by atoms with E-state index in [-0.39, 0.29) is 34.4 Å². The van der Waals surface area contributed by atoms with E-state index in [1.165, 1.54) is 12.1 Å². The summed E-state index contributed by atoms with van der Waals surface area (Å²) >= 11 is 5.85. The SMILES string of the molecule is CC(C)(C)[C@H](c1c(F)ccc(Cl)c1F)N1CCNCC1.Cl. The quantitative estimate of drug-likeness (QED) is 0.819. The van der Waals surface area contributed by atoms with Gasteiger partial charge >= 0.3 is 0 Å². The molecule has 2 rings (SSSR count).